The van der Waals surface area contributed by atoms with Crippen LogP contribution in [0, 0.1) is 0 Å². The van der Waals surface area contributed by atoms with E-state index in [-0.39, 0.29) is 33.7 Å². The van der Waals surface area contributed by atoms with Crippen LogP contribution in [0.3, 0.4) is 0 Å². The number of fused-ring (bicyclic) bond motifs is 8. The number of carbonyl (C=O) groups is 2. The number of nitrogens with one attached hydrogen (secondary N) is 2. The number of hydrogen-bond donors (Lipinski definition) is 2. The Bertz CT molecular complexity index is 2570. The summed E-state index contributed by atoms with van der Waals surface area (Å²) in [5.41, 5.74) is 16.9. The van der Waals surface area contributed by atoms with Gasteiger partial charge in [0.2, 0.25) is 0 Å². The second-order valence-corrected chi connectivity index (χ2v) is 24.3. The van der Waals surface area contributed by atoms with E-state index in [4.69, 9.17) is 9.47 Å². The molecular formula is C66H82N4O4. The first-order chi connectivity index (χ1) is 35.0. The van der Waals surface area contributed by atoms with Gasteiger partial charge in [-0.05, 0) is 188 Å². The number of ether oxygens (including phenoxy) is 2. The first-order valence-corrected chi connectivity index (χ1v) is 26.9. The van der Waals surface area contributed by atoms with Gasteiger partial charge in [0.1, 0.15) is 11.5 Å². The van der Waals surface area contributed by atoms with Crippen molar-refractivity contribution in [2.24, 2.45) is 0 Å². The molecule has 0 unspecified atom stereocenters. The number of rotatable bonds is 14. The predicted octanol–water partition coefficient (Wildman–Crippen LogP) is 15.5. The maximum atomic E-state index is 12.5. The van der Waals surface area contributed by atoms with Crippen molar-refractivity contribution in [3.05, 3.63) is 188 Å². The van der Waals surface area contributed by atoms with Crippen molar-refractivity contribution in [1.29, 1.82) is 0 Å². The monoisotopic (exact) mass is 995 g/mol. The van der Waals surface area contributed by atoms with Gasteiger partial charge in [-0.3, -0.25) is 0 Å². The second-order valence-electron chi connectivity index (χ2n) is 24.3. The minimum absolute atomic E-state index is 0.153. The molecule has 1 aliphatic rings. The van der Waals surface area contributed by atoms with E-state index in [1.807, 2.05) is 60.7 Å². The van der Waals surface area contributed by atoms with Crippen LogP contribution in [0.4, 0.5) is 21.0 Å². The smallest absolute Gasteiger partial charge is 0.340 e. The Hall–Kier alpha value is -6.54. The third-order valence-corrected chi connectivity index (χ3v) is 13.8. The first kappa shape index (κ1) is 55.2. The highest BCUT2D eigenvalue weighted by Crippen LogP contribution is 2.43. The fourth-order valence-electron chi connectivity index (χ4n) is 11.3. The topological polar surface area (TPSA) is 105 Å². The van der Waals surface area contributed by atoms with Crippen molar-refractivity contribution < 1.29 is 19.1 Å². The summed E-state index contributed by atoms with van der Waals surface area (Å²) in [6.45, 7) is 30.2. The fraction of sp³-hybridized carbons (Fsp3) is 0.424. The number of hydrogen-bond acceptors (Lipinski definition) is 4. The molecule has 0 aromatic heterocycles. The molecule has 7 rings (SSSR count). The molecule has 6 aromatic rings. The number of unbranched alkanes of at least 4 members (excludes halogenated alkanes) is 2. The van der Waals surface area contributed by atoms with E-state index in [1.54, 1.807) is 0 Å². The largest absolute Gasteiger partial charge is 0.494 e. The molecule has 0 aliphatic heterocycles. The zero-order valence-corrected chi connectivity index (χ0v) is 46.6. The van der Waals surface area contributed by atoms with Crippen LogP contribution in [0.1, 0.15) is 176 Å². The lowest BCUT2D eigenvalue weighted by molar-refractivity contribution is 0.249. The van der Waals surface area contributed by atoms with Crippen LogP contribution in [0.5, 0.6) is 11.5 Å². The molecule has 0 heterocycles. The molecule has 390 valence electrons. The van der Waals surface area contributed by atoms with E-state index in [1.165, 1.54) is 66.8 Å². The van der Waals surface area contributed by atoms with E-state index >= 15 is 0 Å². The average Bonchev–Trinajstić information content (AvgIpc) is 3.30. The Morgan fingerprint density at radius 1 is 0.392 bits per heavy atom. The number of amides is 4. The summed E-state index contributed by atoms with van der Waals surface area (Å²) in [7, 11) is 0. The summed E-state index contributed by atoms with van der Waals surface area (Å²) in [5.74, 6) is 1.76. The van der Waals surface area contributed by atoms with E-state index in [2.05, 4.69) is 165 Å². The quantitative estimate of drug-likeness (QED) is 0.106. The molecule has 4 amide bonds. The zero-order chi connectivity index (χ0) is 53.3. The number of urea groups is 2. The van der Waals surface area contributed by atoms with Crippen molar-refractivity contribution >= 4 is 23.4 Å². The third-order valence-electron chi connectivity index (χ3n) is 13.8. The normalized spacial score (nSPS) is 12.9. The molecule has 8 heteroatoms. The highest BCUT2D eigenvalue weighted by atomic mass is 16.5. The van der Waals surface area contributed by atoms with Crippen molar-refractivity contribution in [3.8, 4) is 11.5 Å². The van der Waals surface area contributed by atoms with E-state index in [0.29, 0.717) is 26.3 Å². The van der Waals surface area contributed by atoms with Gasteiger partial charge >= 0.3 is 12.1 Å². The Morgan fingerprint density at radius 2 is 0.676 bits per heavy atom. The molecule has 0 atom stereocenters. The van der Waals surface area contributed by atoms with E-state index in [0.717, 1.165) is 74.2 Å². The number of carbonyl (C=O) groups excluding carboxylic acids is 2. The molecule has 0 saturated carbocycles. The van der Waals surface area contributed by atoms with Crippen LogP contribution in [-0.4, -0.2) is 38.4 Å². The number of nitrogens with zero attached hydrogens (tertiary/aromatic N) is 2. The van der Waals surface area contributed by atoms with Crippen molar-refractivity contribution in [2.75, 3.05) is 36.9 Å². The molecule has 0 saturated heterocycles. The average molecular weight is 995 g/mol. The van der Waals surface area contributed by atoms with Gasteiger partial charge in [0.25, 0.3) is 0 Å². The highest BCUT2D eigenvalue weighted by Gasteiger charge is 2.31. The molecular weight excluding hydrogens is 913 g/mol. The summed E-state index contributed by atoms with van der Waals surface area (Å²) < 4.78 is 13.5. The molecule has 74 heavy (non-hydrogen) atoms. The maximum absolute atomic E-state index is 12.5. The molecule has 0 spiro atoms. The Balaban J connectivity index is 1.25. The van der Waals surface area contributed by atoms with Gasteiger partial charge in [-0.1, -0.05) is 156 Å². The van der Waals surface area contributed by atoms with Crippen LogP contribution in [0.2, 0.25) is 0 Å². The highest BCUT2D eigenvalue weighted by molar-refractivity contribution is 5.89. The first-order valence-electron chi connectivity index (χ1n) is 26.9. The Morgan fingerprint density at radius 3 is 0.959 bits per heavy atom. The van der Waals surface area contributed by atoms with Gasteiger partial charge in [-0.15, -0.1) is 0 Å². The lowest BCUT2D eigenvalue weighted by Crippen LogP contribution is -2.24. The van der Waals surface area contributed by atoms with Gasteiger partial charge in [-0.2, -0.15) is 0 Å². The summed E-state index contributed by atoms with van der Waals surface area (Å²) >= 11 is 0. The minimum Gasteiger partial charge on any atom is -0.494 e. The lowest BCUT2D eigenvalue weighted by atomic mass is 9.72. The minimum atomic E-state index is -0.326. The van der Waals surface area contributed by atoms with Crippen LogP contribution in [0.15, 0.2) is 121 Å². The predicted molar refractivity (Wildman–Crippen MR) is 306 cm³/mol. The van der Waals surface area contributed by atoms with Crippen molar-refractivity contribution in [3.63, 3.8) is 0 Å². The van der Waals surface area contributed by atoms with Gasteiger partial charge in [0.15, 0.2) is 0 Å². The van der Waals surface area contributed by atoms with Crippen LogP contribution >= 0.6 is 0 Å². The zero-order valence-electron chi connectivity index (χ0n) is 46.6. The summed E-state index contributed by atoms with van der Waals surface area (Å²) in [6, 6.07) is 41.4. The van der Waals surface area contributed by atoms with Crippen molar-refractivity contribution in [1.82, 2.24) is 10.6 Å². The summed E-state index contributed by atoms with van der Waals surface area (Å²) in [5, 5.41) is 14.2. The summed E-state index contributed by atoms with van der Waals surface area (Å²) in [6.07, 6.45) is 6.08. The molecule has 2 radical (unpaired) electrons. The molecule has 8 bridgehead atoms. The van der Waals surface area contributed by atoms with Gasteiger partial charge in [-0.25, -0.2) is 20.2 Å². The molecule has 2 N–H and O–H groups in total. The number of benzene rings is 6. The van der Waals surface area contributed by atoms with Gasteiger partial charge in [0, 0.05) is 24.5 Å². The molecule has 0 fully saturated rings. The number of anilines is 2. The standard InChI is InChI=1S/C66H82N4O4/c1-63(2,3)57-45-25-23-26-46(57)38-50-42-56(74-36-22-20-34-68-62(72)70-54-31-17-14-18-32-54)44-52(60(50)66(10,11)12)40-48-28-24-27-47(58(48)64(4,5)6)39-51-43-55(41-49(37-45)59(51)65(7,8)9)73-35-21-19-33-67-61(71)69-53-29-15-13-16-30-53/h13-18,23-32,41-44H,19-22,33-40H2,1-12H3,(H,69,71)(H,70,72). The van der Waals surface area contributed by atoms with Crippen LogP contribution < -0.4 is 30.7 Å². The van der Waals surface area contributed by atoms with Crippen LogP contribution in [-0.2, 0) is 47.3 Å². The van der Waals surface area contributed by atoms with Gasteiger partial charge in [0.05, 0.1) is 13.2 Å². The lowest BCUT2D eigenvalue weighted by Gasteiger charge is -2.33. The number of para-hydroxylation sites is 2. The van der Waals surface area contributed by atoms with Crippen molar-refractivity contribution in [2.45, 2.75) is 156 Å². The summed E-state index contributed by atoms with van der Waals surface area (Å²) in [4.78, 5) is 25.0. The molecule has 8 nitrogen and oxygen atoms in total. The van der Waals surface area contributed by atoms with Gasteiger partial charge < -0.3 is 20.1 Å². The molecule has 1 aliphatic carbocycles. The van der Waals surface area contributed by atoms with Crippen LogP contribution in [0.25, 0.3) is 0 Å². The Kier molecular flexibility index (Phi) is 17.7. The second kappa shape index (κ2) is 23.8. The maximum Gasteiger partial charge on any atom is 0.340 e. The fourth-order valence-corrected chi connectivity index (χ4v) is 11.3. The van der Waals surface area contributed by atoms with E-state index in [9.17, 15) is 9.59 Å². The van der Waals surface area contributed by atoms with E-state index < -0.39 is 0 Å². The Labute approximate surface area is 443 Å². The third kappa shape index (κ3) is 14.8. The molecule has 6 aromatic carbocycles. The SMILES string of the molecule is CC(C)(C)c1c2cccc1Cc1cc(OCCCC[N]C(=O)Nc3ccccc3)cc(c1C(C)(C)C)Cc1cccc(c1C(C)(C)C)Cc1cc(OCCCC[N]C(=O)Nc3ccccc3)cc(c1C(C)(C)C)C2.